The first-order valence-electron chi connectivity index (χ1n) is 7.59. The molecule has 0 saturated heterocycles. The maximum absolute atomic E-state index is 12.4. The van der Waals surface area contributed by atoms with E-state index < -0.39 is 0 Å². The lowest BCUT2D eigenvalue weighted by Gasteiger charge is -2.21. The second-order valence-corrected chi connectivity index (χ2v) is 5.74. The van der Waals surface area contributed by atoms with E-state index >= 15 is 0 Å². The largest absolute Gasteiger partial charge is 0.322 e. The second kappa shape index (κ2) is 7.65. The summed E-state index contributed by atoms with van der Waals surface area (Å²) in [5.41, 5.74) is 3.41. The topological polar surface area (TPSA) is 71.0 Å². The number of urea groups is 1. The van der Waals surface area contributed by atoms with E-state index in [1.54, 1.807) is 11.1 Å². The first kappa shape index (κ1) is 16.1. The Morgan fingerprint density at radius 3 is 2.67 bits per heavy atom. The fourth-order valence-corrected chi connectivity index (χ4v) is 2.70. The molecule has 7 heteroatoms. The molecular formula is C17H17N5OS. The van der Waals surface area contributed by atoms with Crippen molar-refractivity contribution in [2.45, 2.75) is 13.5 Å². The van der Waals surface area contributed by atoms with Gasteiger partial charge in [-0.15, -0.1) is 5.10 Å². The summed E-state index contributed by atoms with van der Waals surface area (Å²) in [5.74, 6) is 0. The van der Waals surface area contributed by atoms with Gasteiger partial charge in [0.1, 0.15) is 5.69 Å². The maximum atomic E-state index is 12.4. The molecule has 0 unspecified atom stereocenters. The van der Waals surface area contributed by atoms with Crippen molar-refractivity contribution in [1.29, 1.82) is 0 Å². The zero-order chi connectivity index (χ0) is 16.8. The van der Waals surface area contributed by atoms with E-state index in [2.05, 4.69) is 19.9 Å². The number of pyridine rings is 1. The van der Waals surface area contributed by atoms with Gasteiger partial charge in [0.05, 0.1) is 12.2 Å². The van der Waals surface area contributed by atoms with Crippen LogP contribution < -0.4 is 5.32 Å². The number of benzene rings is 1. The predicted octanol–water partition coefficient (Wildman–Crippen LogP) is 3.65. The molecule has 1 N–H and O–H groups in total. The molecule has 0 radical (unpaired) electrons. The van der Waals surface area contributed by atoms with Gasteiger partial charge in [-0.05, 0) is 42.7 Å². The van der Waals surface area contributed by atoms with Crippen molar-refractivity contribution in [3.05, 3.63) is 59.7 Å². The number of aromatic nitrogens is 3. The van der Waals surface area contributed by atoms with E-state index in [9.17, 15) is 4.79 Å². The third kappa shape index (κ3) is 3.94. The van der Waals surface area contributed by atoms with Gasteiger partial charge in [-0.1, -0.05) is 22.7 Å². The molecule has 2 amide bonds. The highest BCUT2D eigenvalue weighted by Gasteiger charge is 2.13. The van der Waals surface area contributed by atoms with E-state index in [1.807, 2.05) is 54.8 Å². The molecule has 0 aliphatic rings. The van der Waals surface area contributed by atoms with Crippen molar-refractivity contribution in [2.24, 2.45) is 0 Å². The molecule has 0 atom stereocenters. The number of anilines is 1. The SMILES string of the molecule is CCN(Cc1ccccn1)C(=O)Nc1ccc(-c2csnn2)cc1. The van der Waals surface area contributed by atoms with Crippen LogP contribution in [0.1, 0.15) is 12.6 Å². The first-order valence-corrected chi connectivity index (χ1v) is 8.43. The molecule has 0 aliphatic carbocycles. The molecule has 24 heavy (non-hydrogen) atoms. The molecule has 3 aromatic rings. The molecule has 1 aromatic carbocycles. The van der Waals surface area contributed by atoms with E-state index in [0.29, 0.717) is 13.1 Å². The Kier molecular flexibility index (Phi) is 5.12. The third-order valence-corrected chi connectivity index (χ3v) is 4.04. The number of hydrogen-bond acceptors (Lipinski definition) is 5. The lowest BCUT2D eigenvalue weighted by molar-refractivity contribution is 0.211. The Morgan fingerprint density at radius 1 is 1.21 bits per heavy atom. The van der Waals surface area contributed by atoms with Crippen molar-refractivity contribution in [3.8, 4) is 11.3 Å². The van der Waals surface area contributed by atoms with Crippen molar-refractivity contribution >= 4 is 23.3 Å². The third-order valence-electron chi connectivity index (χ3n) is 3.54. The van der Waals surface area contributed by atoms with Crippen LogP contribution in [0.25, 0.3) is 11.3 Å². The standard InChI is InChI=1S/C17H17N5OS/c1-2-22(11-15-5-3-4-10-18-15)17(23)19-14-8-6-13(7-9-14)16-12-24-21-20-16/h3-10,12H,2,11H2,1H3,(H,19,23). The number of hydrogen-bond donors (Lipinski definition) is 1. The summed E-state index contributed by atoms with van der Waals surface area (Å²) in [5, 5.41) is 8.83. The van der Waals surface area contributed by atoms with Crippen LogP contribution in [0.5, 0.6) is 0 Å². The smallest absolute Gasteiger partial charge is 0.319 e. The van der Waals surface area contributed by atoms with Crippen molar-refractivity contribution < 1.29 is 4.79 Å². The van der Waals surface area contributed by atoms with Crippen LogP contribution in [-0.2, 0) is 6.54 Å². The normalized spacial score (nSPS) is 10.4. The minimum atomic E-state index is -0.147. The number of amides is 2. The molecule has 122 valence electrons. The first-order chi connectivity index (χ1) is 11.8. The lowest BCUT2D eigenvalue weighted by Crippen LogP contribution is -2.34. The molecular weight excluding hydrogens is 322 g/mol. The molecule has 0 bridgehead atoms. The van der Waals surface area contributed by atoms with Gasteiger partial charge in [-0.3, -0.25) is 4.98 Å². The van der Waals surface area contributed by atoms with Gasteiger partial charge in [-0.2, -0.15) is 0 Å². The summed E-state index contributed by atoms with van der Waals surface area (Å²) >= 11 is 1.31. The fraction of sp³-hybridized carbons (Fsp3) is 0.176. The number of nitrogens with zero attached hydrogens (tertiary/aromatic N) is 4. The molecule has 0 spiro atoms. The quantitative estimate of drug-likeness (QED) is 0.770. The van der Waals surface area contributed by atoms with Crippen molar-refractivity contribution in [3.63, 3.8) is 0 Å². The van der Waals surface area contributed by atoms with Gasteiger partial charge in [0, 0.05) is 29.4 Å². The lowest BCUT2D eigenvalue weighted by atomic mass is 10.1. The monoisotopic (exact) mass is 339 g/mol. The van der Waals surface area contributed by atoms with Crippen molar-refractivity contribution in [1.82, 2.24) is 19.5 Å². The number of rotatable bonds is 5. The van der Waals surface area contributed by atoms with Gasteiger partial charge in [-0.25, -0.2) is 4.79 Å². The van der Waals surface area contributed by atoms with E-state index in [0.717, 1.165) is 22.6 Å². The molecule has 2 heterocycles. The van der Waals surface area contributed by atoms with E-state index in [-0.39, 0.29) is 6.03 Å². The summed E-state index contributed by atoms with van der Waals surface area (Å²) in [4.78, 5) is 18.4. The second-order valence-electron chi connectivity index (χ2n) is 5.13. The average molecular weight is 339 g/mol. The Bertz CT molecular complexity index is 775. The van der Waals surface area contributed by atoms with Crippen molar-refractivity contribution in [2.75, 3.05) is 11.9 Å². The summed E-state index contributed by atoms with van der Waals surface area (Å²) in [7, 11) is 0. The van der Waals surface area contributed by atoms with Crippen LogP contribution in [0.3, 0.4) is 0 Å². The van der Waals surface area contributed by atoms with E-state index in [1.165, 1.54) is 11.5 Å². The minimum absolute atomic E-state index is 0.147. The molecule has 0 saturated carbocycles. The highest BCUT2D eigenvalue weighted by Crippen LogP contribution is 2.20. The molecule has 0 fully saturated rings. The van der Waals surface area contributed by atoms with Crippen LogP contribution in [-0.4, -0.2) is 32.0 Å². The van der Waals surface area contributed by atoms with Gasteiger partial charge >= 0.3 is 6.03 Å². The van der Waals surface area contributed by atoms with Crippen LogP contribution in [0.15, 0.2) is 54.0 Å². The summed E-state index contributed by atoms with van der Waals surface area (Å²) in [6.07, 6.45) is 1.73. The Morgan fingerprint density at radius 2 is 2.04 bits per heavy atom. The molecule has 3 rings (SSSR count). The number of carbonyl (C=O) groups is 1. The maximum Gasteiger partial charge on any atom is 0.322 e. The van der Waals surface area contributed by atoms with Gasteiger partial charge in [0.25, 0.3) is 0 Å². The Hall–Kier alpha value is -2.80. The van der Waals surface area contributed by atoms with Gasteiger partial charge < -0.3 is 10.2 Å². The summed E-state index contributed by atoms with van der Waals surface area (Å²) < 4.78 is 3.85. The van der Waals surface area contributed by atoms with Crippen LogP contribution >= 0.6 is 11.5 Å². The minimum Gasteiger partial charge on any atom is -0.319 e. The van der Waals surface area contributed by atoms with Crippen LogP contribution in [0.2, 0.25) is 0 Å². The summed E-state index contributed by atoms with van der Waals surface area (Å²) in [6, 6.07) is 13.1. The van der Waals surface area contributed by atoms with Crippen LogP contribution in [0, 0.1) is 0 Å². The van der Waals surface area contributed by atoms with Gasteiger partial charge in [0.15, 0.2) is 0 Å². The van der Waals surface area contributed by atoms with Gasteiger partial charge in [0.2, 0.25) is 0 Å². The number of carbonyl (C=O) groups excluding carboxylic acids is 1. The number of nitrogens with one attached hydrogen (secondary N) is 1. The Labute approximate surface area is 144 Å². The van der Waals surface area contributed by atoms with E-state index in [4.69, 9.17) is 0 Å². The highest BCUT2D eigenvalue weighted by atomic mass is 32.1. The highest BCUT2D eigenvalue weighted by molar-refractivity contribution is 7.03. The molecule has 2 aromatic heterocycles. The fourth-order valence-electron chi connectivity index (χ4n) is 2.23. The molecule has 0 aliphatic heterocycles. The average Bonchev–Trinajstić information content (AvgIpc) is 3.16. The zero-order valence-electron chi connectivity index (χ0n) is 13.2. The summed E-state index contributed by atoms with van der Waals surface area (Å²) in [6.45, 7) is 3.03. The predicted molar refractivity (Wildman–Crippen MR) is 94.7 cm³/mol. The molecule has 6 nitrogen and oxygen atoms in total. The van der Waals surface area contributed by atoms with Crippen LogP contribution in [0.4, 0.5) is 10.5 Å². The zero-order valence-corrected chi connectivity index (χ0v) is 14.0. The Balaban J connectivity index is 1.64.